The summed E-state index contributed by atoms with van der Waals surface area (Å²) in [7, 11) is -1.45. The summed E-state index contributed by atoms with van der Waals surface area (Å²) >= 11 is 0. The first kappa shape index (κ1) is 29.8. The smallest absolute Gasteiger partial charge is 0.00726 e. The van der Waals surface area contributed by atoms with Crippen LogP contribution >= 0.6 is 15.8 Å². The molecule has 46 heavy (non-hydrogen) atoms. The summed E-state index contributed by atoms with van der Waals surface area (Å²) in [5.41, 5.74) is 6.58. The summed E-state index contributed by atoms with van der Waals surface area (Å²) in [5, 5.41) is 8.96. The maximum atomic E-state index is 2.62. The molecule has 2 heteroatoms. The maximum absolute atomic E-state index is 2.62. The Kier molecular flexibility index (Phi) is 8.85. The Balaban J connectivity index is 1.46. The van der Waals surface area contributed by atoms with E-state index in [0.717, 1.165) is 0 Å². The van der Waals surface area contributed by atoms with Crippen molar-refractivity contribution in [2.45, 2.75) is 51.4 Å². The molecule has 0 aromatic heterocycles. The van der Waals surface area contributed by atoms with E-state index in [9.17, 15) is 0 Å². The van der Waals surface area contributed by atoms with Gasteiger partial charge in [-0.3, -0.25) is 0 Å². The molecule has 0 amide bonds. The molecule has 0 saturated heterocycles. The summed E-state index contributed by atoms with van der Waals surface area (Å²) in [6, 6.07) is 50.7. The van der Waals surface area contributed by atoms with E-state index < -0.39 is 15.8 Å². The SMILES string of the molecule is C1=CC2CCCCC2C(c2c(P(c3ccccc3)c3ccccc3)ccc3c2CCCC3)=C1P(c1ccccc1)c1ccccc1. The molecule has 3 aliphatic rings. The fraction of sp³-hybridized carbons (Fsp3) is 0.227. The van der Waals surface area contributed by atoms with Crippen molar-refractivity contribution in [1.82, 2.24) is 0 Å². The van der Waals surface area contributed by atoms with Crippen molar-refractivity contribution in [2.75, 3.05) is 0 Å². The lowest BCUT2D eigenvalue weighted by Gasteiger charge is -2.40. The summed E-state index contributed by atoms with van der Waals surface area (Å²) in [4.78, 5) is 0. The minimum Gasteiger partial charge on any atom is -0.0801 e. The van der Waals surface area contributed by atoms with E-state index in [4.69, 9.17) is 0 Å². The Hall–Kier alpha value is -3.56. The van der Waals surface area contributed by atoms with E-state index in [1.165, 1.54) is 72.6 Å². The topological polar surface area (TPSA) is 0 Å². The zero-order chi connectivity index (χ0) is 30.7. The van der Waals surface area contributed by atoms with Gasteiger partial charge in [-0.25, -0.2) is 0 Å². The van der Waals surface area contributed by atoms with Crippen LogP contribution in [0.5, 0.6) is 0 Å². The number of rotatable bonds is 7. The molecule has 2 atom stereocenters. The summed E-state index contributed by atoms with van der Waals surface area (Å²) in [6.07, 6.45) is 15.5. The van der Waals surface area contributed by atoms with Gasteiger partial charge < -0.3 is 0 Å². The predicted molar refractivity (Wildman–Crippen MR) is 202 cm³/mol. The third-order valence-corrected chi connectivity index (χ3v) is 15.3. The molecule has 1 saturated carbocycles. The van der Waals surface area contributed by atoms with Crippen LogP contribution in [-0.4, -0.2) is 0 Å². The molecule has 0 radical (unpaired) electrons. The first-order valence-electron chi connectivity index (χ1n) is 17.2. The Morgan fingerprint density at radius 1 is 0.478 bits per heavy atom. The van der Waals surface area contributed by atoms with Gasteiger partial charge in [0.2, 0.25) is 0 Å². The second-order valence-electron chi connectivity index (χ2n) is 13.0. The van der Waals surface area contributed by atoms with E-state index in [1.54, 1.807) is 32.9 Å². The van der Waals surface area contributed by atoms with Crippen molar-refractivity contribution in [3.8, 4) is 0 Å². The second-order valence-corrected chi connectivity index (χ2v) is 17.4. The minimum absolute atomic E-state index is 0.571. The molecular weight excluding hydrogens is 590 g/mol. The lowest BCUT2D eigenvalue weighted by molar-refractivity contribution is 0.344. The van der Waals surface area contributed by atoms with E-state index in [0.29, 0.717) is 11.8 Å². The molecule has 2 unspecified atom stereocenters. The average molecular weight is 633 g/mol. The Labute approximate surface area is 277 Å². The molecule has 228 valence electrons. The Morgan fingerprint density at radius 2 is 1.00 bits per heavy atom. The highest BCUT2D eigenvalue weighted by Crippen LogP contribution is 2.56. The van der Waals surface area contributed by atoms with E-state index in [-0.39, 0.29) is 0 Å². The van der Waals surface area contributed by atoms with Crippen LogP contribution < -0.4 is 26.5 Å². The molecular formula is C44H42P2. The van der Waals surface area contributed by atoms with E-state index >= 15 is 0 Å². The normalized spacial score (nSPS) is 19.3. The number of benzene rings is 5. The first-order valence-corrected chi connectivity index (χ1v) is 19.9. The molecule has 0 nitrogen and oxygen atoms in total. The maximum Gasteiger partial charge on any atom is -0.00726 e. The van der Waals surface area contributed by atoms with Crippen LogP contribution in [-0.2, 0) is 12.8 Å². The Morgan fingerprint density at radius 3 is 1.59 bits per heavy atom. The average Bonchev–Trinajstić information content (AvgIpc) is 3.14. The van der Waals surface area contributed by atoms with Gasteiger partial charge in [0, 0.05) is 0 Å². The molecule has 0 aliphatic heterocycles. The van der Waals surface area contributed by atoms with Crippen molar-refractivity contribution in [3.63, 3.8) is 0 Å². The largest absolute Gasteiger partial charge is 0.0801 e. The van der Waals surface area contributed by atoms with Crippen LogP contribution in [0.4, 0.5) is 0 Å². The molecule has 1 fully saturated rings. The summed E-state index contributed by atoms with van der Waals surface area (Å²) in [6.45, 7) is 0. The monoisotopic (exact) mass is 632 g/mol. The van der Waals surface area contributed by atoms with Crippen molar-refractivity contribution >= 4 is 47.9 Å². The lowest BCUT2D eigenvalue weighted by atomic mass is 9.69. The van der Waals surface area contributed by atoms with Crippen LogP contribution in [0, 0.1) is 11.8 Å². The highest BCUT2D eigenvalue weighted by Gasteiger charge is 2.38. The summed E-state index contributed by atoms with van der Waals surface area (Å²) in [5.74, 6) is 1.20. The number of fused-ring (bicyclic) bond motifs is 2. The van der Waals surface area contributed by atoms with Gasteiger partial charge in [-0.05, 0) is 120 Å². The molecule has 5 aromatic rings. The fourth-order valence-corrected chi connectivity index (χ4v) is 13.3. The van der Waals surface area contributed by atoms with Gasteiger partial charge in [-0.15, -0.1) is 0 Å². The van der Waals surface area contributed by atoms with Gasteiger partial charge in [0.25, 0.3) is 0 Å². The van der Waals surface area contributed by atoms with E-state index in [2.05, 4.69) is 146 Å². The zero-order valence-electron chi connectivity index (χ0n) is 26.6. The van der Waals surface area contributed by atoms with Crippen molar-refractivity contribution in [3.05, 3.63) is 168 Å². The fourth-order valence-electron chi connectivity index (χ4n) is 8.22. The lowest BCUT2D eigenvalue weighted by Crippen LogP contribution is -2.30. The third-order valence-electron chi connectivity index (χ3n) is 10.3. The summed E-state index contributed by atoms with van der Waals surface area (Å²) < 4.78 is 0. The van der Waals surface area contributed by atoms with E-state index in [1.807, 2.05) is 0 Å². The zero-order valence-corrected chi connectivity index (χ0v) is 28.4. The van der Waals surface area contributed by atoms with Gasteiger partial charge >= 0.3 is 0 Å². The number of allylic oxidation sites excluding steroid dienone is 4. The van der Waals surface area contributed by atoms with Crippen LogP contribution in [0.2, 0.25) is 0 Å². The van der Waals surface area contributed by atoms with Crippen molar-refractivity contribution in [2.24, 2.45) is 11.8 Å². The van der Waals surface area contributed by atoms with Gasteiger partial charge in [0.1, 0.15) is 0 Å². The molecule has 0 spiro atoms. The van der Waals surface area contributed by atoms with Gasteiger partial charge in [0.15, 0.2) is 0 Å². The molecule has 5 aromatic carbocycles. The van der Waals surface area contributed by atoms with Crippen LogP contribution in [0.3, 0.4) is 0 Å². The molecule has 3 aliphatic carbocycles. The minimum atomic E-state index is -0.729. The first-order chi connectivity index (χ1) is 22.9. The van der Waals surface area contributed by atoms with Crippen molar-refractivity contribution in [1.29, 1.82) is 0 Å². The standard InChI is InChI=1S/C44H42P2/c1-5-19-35(20-6-1)45(36-21-7-2-8-22-36)41-31-29-33-17-13-15-27-39(33)43(41)44-40-28-16-14-18-34(40)30-32-42(44)46(37-23-9-3-10-24-37)38-25-11-4-12-26-38/h1-12,19-26,29-33,39H,13-18,27-28H2. The number of aryl methyl sites for hydroxylation is 1. The number of hydrogen-bond donors (Lipinski definition) is 0. The van der Waals surface area contributed by atoms with Gasteiger partial charge in [-0.2, -0.15) is 0 Å². The molecule has 0 N–H and O–H groups in total. The molecule has 0 bridgehead atoms. The van der Waals surface area contributed by atoms with Gasteiger partial charge in [0.05, 0.1) is 0 Å². The van der Waals surface area contributed by atoms with Crippen LogP contribution in [0.1, 0.15) is 55.2 Å². The molecule has 0 heterocycles. The van der Waals surface area contributed by atoms with Crippen LogP contribution in [0.15, 0.2) is 151 Å². The van der Waals surface area contributed by atoms with Crippen molar-refractivity contribution < 1.29 is 0 Å². The highest BCUT2D eigenvalue weighted by molar-refractivity contribution is 7.80. The Bertz CT molecular complexity index is 1760. The van der Waals surface area contributed by atoms with Crippen LogP contribution in [0.25, 0.3) is 5.57 Å². The third kappa shape index (κ3) is 5.77. The quantitative estimate of drug-likeness (QED) is 0.157. The highest BCUT2D eigenvalue weighted by atomic mass is 31.1. The second kappa shape index (κ2) is 13.7. The number of hydrogen-bond acceptors (Lipinski definition) is 0. The predicted octanol–water partition coefficient (Wildman–Crippen LogP) is 9.54. The molecule has 8 rings (SSSR count). The van der Waals surface area contributed by atoms with Gasteiger partial charge in [-0.1, -0.05) is 158 Å².